The molecule has 0 spiro atoms. The number of rotatable bonds is 7. The van der Waals surface area contributed by atoms with E-state index in [9.17, 15) is 0 Å². The van der Waals surface area contributed by atoms with Crippen molar-refractivity contribution in [2.24, 2.45) is 0 Å². The van der Waals surface area contributed by atoms with Gasteiger partial charge in [0.05, 0.1) is 11.2 Å². The lowest BCUT2D eigenvalue weighted by atomic mass is 10.1. The Labute approximate surface area is 124 Å². The fourth-order valence-electron chi connectivity index (χ4n) is 1.90. The Balaban J connectivity index is 1.98. The number of pyridine rings is 1. The van der Waals surface area contributed by atoms with Crippen LogP contribution < -0.4 is 10.1 Å². The maximum absolute atomic E-state index is 5.89. The quantitative estimate of drug-likeness (QED) is 0.787. The zero-order chi connectivity index (χ0) is 14.2. The first-order chi connectivity index (χ1) is 9.79. The number of benzene rings is 1. The Bertz CT molecular complexity index is 546. The molecule has 20 heavy (non-hydrogen) atoms. The van der Waals surface area contributed by atoms with Gasteiger partial charge in [-0.05, 0) is 24.1 Å². The van der Waals surface area contributed by atoms with Crippen LogP contribution in [0.3, 0.4) is 0 Å². The Morgan fingerprint density at radius 2 is 2.00 bits per heavy atom. The lowest BCUT2D eigenvalue weighted by molar-refractivity contribution is 0.303. The molecule has 0 radical (unpaired) electrons. The zero-order valence-corrected chi connectivity index (χ0v) is 12.4. The number of hydrogen-bond acceptors (Lipinski definition) is 3. The van der Waals surface area contributed by atoms with Gasteiger partial charge in [0.1, 0.15) is 12.4 Å². The van der Waals surface area contributed by atoms with Crippen LogP contribution >= 0.6 is 11.6 Å². The third-order valence-electron chi connectivity index (χ3n) is 2.93. The molecule has 0 aliphatic carbocycles. The standard InChI is InChI=1S/C16H19ClN2O/c1-2-7-18-9-13-5-3-4-6-14(13)12-20-16-8-15(17)10-19-11-16/h3-6,8,10-11,18H,2,7,9,12H2,1H3. The molecule has 1 aromatic heterocycles. The van der Waals surface area contributed by atoms with Gasteiger partial charge in [-0.3, -0.25) is 4.98 Å². The van der Waals surface area contributed by atoms with Gasteiger partial charge in [0.2, 0.25) is 0 Å². The number of aromatic nitrogens is 1. The maximum Gasteiger partial charge on any atom is 0.139 e. The predicted octanol–water partition coefficient (Wildman–Crippen LogP) is 3.81. The molecule has 1 heterocycles. The number of ether oxygens (including phenoxy) is 1. The number of nitrogens with zero attached hydrogens (tertiary/aromatic N) is 1. The summed E-state index contributed by atoms with van der Waals surface area (Å²) in [5, 5.41) is 3.99. The summed E-state index contributed by atoms with van der Waals surface area (Å²) >= 11 is 5.89. The lowest BCUT2D eigenvalue weighted by Gasteiger charge is -2.11. The van der Waals surface area contributed by atoms with E-state index in [1.807, 2.05) is 12.1 Å². The second kappa shape index (κ2) is 7.88. The summed E-state index contributed by atoms with van der Waals surface area (Å²) in [5.41, 5.74) is 2.44. The monoisotopic (exact) mass is 290 g/mol. The van der Waals surface area contributed by atoms with Gasteiger partial charge in [-0.15, -0.1) is 0 Å². The summed E-state index contributed by atoms with van der Waals surface area (Å²) in [5.74, 6) is 0.689. The highest BCUT2D eigenvalue weighted by Crippen LogP contribution is 2.18. The molecule has 0 saturated carbocycles. The van der Waals surface area contributed by atoms with Crippen LogP contribution in [0.15, 0.2) is 42.7 Å². The first-order valence-electron chi connectivity index (χ1n) is 6.80. The summed E-state index contributed by atoms with van der Waals surface area (Å²) in [4.78, 5) is 4.01. The maximum atomic E-state index is 5.89. The zero-order valence-electron chi connectivity index (χ0n) is 11.6. The fraction of sp³-hybridized carbons (Fsp3) is 0.312. The van der Waals surface area contributed by atoms with Gasteiger partial charge < -0.3 is 10.1 Å². The van der Waals surface area contributed by atoms with Gasteiger partial charge in [0, 0.05) is 18.8 Å². The summed E-state index contributed by atoms with van der Waals surface area (Å²) in [7, 11) is 0. The van der Waals surface area contributed by atoms with Crippen molar-refractivity contribution in [3.8, 4) is 5.75 Å². The molecule has 106 valence electrons. The molecule has 0 aliphatic rings. The molecule has 0 saturated heterocycles. The highest BCUT2D eigenvalue weighted by atomic mass is 35.5. The fourth-order valence-corrected chi connectivity index (χ4v) is 2.07. The van der Waals surface area contributed by atoms with E-state index in [1.165, 1.54) is 11.1 Å². The van der Waals surface area contributed by atoms with Gasteiger partial charge in [0.15, 0.2) is 0 Å². The molecule has 1 N–H and O–H groups in total. The van der Waals surface area contributed by atoms with Crippen LogP contribution in [0.5, 0.6) is 5.75 Å². The summed E-state index contributed by atoms with van der Waals surface area (Å²) < 4.78 is 5.75. The van der Waals surface area contributed by atoms with Crippen molar-refractivity contribution in [1.82, 2.24) is 10.3 Å². The largest absolute Gasteiger partial charge is 0.487 e. The van der Waals surface area contributed by atoms with Gasteiger partial charge in [-0.1, -0.05) is 42.8 Å². The van der Waals surface area contributed by atoms with E-state index >= 15 is 0 Å². The first-order valence-corrected chi connectivity index (χ1v) is 7.18. The van der Waals surface area contributed by atoms with E-state index in [-0.39, 0.29) is 0 Å². The van der Waals surface area contributed by atoms with Gasteiger partial charge in [-0.25, -0.2) is 0 Å². The highest BCUT2D eigenvalue weighted by molar-refractivity contribution is 6.30. The van der Waals surface area contributed by atoms with E-state index in [2.05, 4.69) is 29.4 Å². The molecule has 0 atom stereocenters. The minimum atomic E-state index is 0.520. The molecule has 0 unspecified atom stereocenters. The van der Waals surface area contributed by atoms with Gasteiger partial charge in [-0.2, -0.15) is 0 Å². The van der Waals surface area contributed by atoms with Crippen LogP contribution in [-0.4, -0.2) is 11.5 Å². The molecule has 0 amide bonds. The average molecular weight is 291 g/mol. The smallest absolute Gasteiger partial charge is 0.139 e. The van der Waals surface area contributed by atoms with Crippen LogP contribution in [0.2, 0.25) is 5.02 Å². The van der Waals surface area contributed by atoms with Crippen molar-refractivity contribution in [3.05, 3.63) is 58.9 Å². The van der Waals surface area contributed by atoms with E-state index in [4.69, 9.17) is 16.3 Å². The molecular formula is C16H19ClN2O. The summed E-state index contributed by atoms with van der Waals surface area (Å²) in [6.07, 6.45) is 4.40. The second-order valence-corrected chi connectivity index (χ2v) is 5.01. The Kier molecular flexibility index (Phi) is 5.84. The third kappa shape index (κ3) is 4.51. The topological polar surface area (TPSA) is 34.1 Å². The summed E-state index contributed by atoms with van der Waals surface area (Å²) in [6.45, 7) is 4.56. The van der Waals surface area contributed by atoms with Crippen molar-refractivity contribution < 1.29 is 4.74 Å². The van der Waals surface area contributed by atoms with E-state index in [0.29, 0.717) is 17.4 Å². The Morgan fingerprint density at radius 3 is 2.75 bits per heavy atom. The van der Waals surface area contributed by atoms with Gasteiger partial charge >= 0.3 is 0 Å². The average Bonchev–Trinajstić information content (AvgIpc) is 2.47. The molecule has 0 bridgehead atoms. The number of nitrogens with one attached hydrogen (secondary N) is 1. The minimum Gasteiger partial charge on any atom is -0.487 e. The molecular weight excluding hydrogens is 272 g/mol. The van der Waals surface area contributed by atoms with Crippen molar-refractivity contribution in [2.75, 3.05) is 6.54 Å². The van der Waals surface area contributed by atoms with E-state index in [1.54, 1.807) is 18.5 Å². The molecule has 2 rings (SSSR count). The SMILES string of the molecule is CCCNCc1ccccc1COc1cncc(Cl)c1. The molecule has 1 aromatic carbocycles. The molecule has 4 heteroatoms. The third-order valence-corrected chi connectivity index (χ3v) is 3.14. The van der Waals surface area contributed by atoms with E-state index in [0.717, 1.165) is 19.5 Å². The Hall–Kier alpha value is -1.58. The normalized spacial score (nSPS) is 10.5. The van der Waals surface area contributed by atoms with Crippen LogP contribution in [0, 0.1) is 0 Å². The van der Waals surface area contributed by atoms with Crippen LogP contribution in [0.4, 0.5) is 0 Å². The number of halogens is 1. The van der Waals surface area contributed by atoms with Crippen molar-refractivity contribution in [2.45, 2.75) is 26.5 Å². The Morgan fingerprint density at radius 1 is 1.20 bits per heavy atom. The van der Waals surface area contributed by atoms with Crippen molar-refractivity contribution in [1.29, 1.82) is 0 Å². The van der Waals surface area contributed by atoms with Crippen LogP contribution in [-0.2, 0) is 13.2 Å². The van der Waals surface area contributed by atoms with Crippen LogP contribution in [0.1, 0.15) is 24.5 Å². The lowest BCUT2D eigenvalue weighted by Crippen LogP contribution is -2.15. The van der Waals surface area contributed by atoms with E-state index < -0.39 is 0 Å². The molecule has 3 nitrogen and oxygen atoms in total. The number of hydrogen-bond donors (Lipinski definition) is 1. The van der Waals surface area contributed by atoms with Gasteiger partial charge in [0.25, 0.3) is 0 Å². The first kappa shape index (κ1) is 14.8. The minimum absolute atomic E-state index is 0.520. The van der Waals surface area contributed by atoms with Crippen molar-refractivity contribution in [3.63, 3.8) is 0 Å². The summed E-state index contributed by atoms with van der Waals surface area (Å²) in [6, 6.07) is 10.1. The second-order valence-electron chi connectivity index (χ2n) is 4.57. The van der Waals surface area contributed by atoms with Crippen LogP contribution in [0.25, 0.3) is 0 Å². The molecule has 0 fully saturated rings. The van der Waals surface area contributed by atoms with Crippen molar-refractivity contribution >= 4 is 11.6 Å². The highest BCUT2D eigenvalue weighted by Gasteiger charge is 2.03. The predicted molar refractivity (Wildman–Crippen MR) is 82.0 cm³/mol. The molecule has 0 aliphatic heterocycles. The molecule has 2 aromatic rings.